The van der Waals surface area contributed by atoms with E-state index in [0.29, 0.717) is 5.75 Å². The van der Waals surface area contributed by atoms with Gasteiger partial charge in [0.1, 0.15) is 17.4 Å². The number of carbonyl (C=O) groups is 2. The van der Waals surface area contributed by atoms with Crippen molar-refractivity contribution in [2.24, 2.45) is 11.8 Å². The van der Waals surface area contributed by atoms with Gasteiger partial charge in [-0.25, -0.2) is 0 Å². The van der Waals surface area contributed by atoms with Gasteiger partial charge in [-0.2, -0.15) is 0 Å². The van der Waals surface area contributed by atoms with Crippen molar-refractivity contribution in [1.29, 1.82) is 0 Å². The molecule has 5 nitrogen and oxygen atoms in total. The molecule has 0 heterocycles. The van der Waals surface area contributed by atoms with Crippen molar-refractivity contribution < 1.29 is 23.8 Å². The highest BCUT2D eigenvalue weighted by atomic mass is 35.5. The second-order valence-electron chi connectivity index (χ2n) is 10.4. The van der Waals surface area contributed by atoms with Crippen LogP contribution in [0, 0.1) is 11.8 Å². The molecule has 6 heteroatoms. The quantitative estimate of drug-likeness (QED) is 0.0957. The summed E-state index contributed by atoms with van der Waals surface area (Å²) in [7, 11) is 0. The Morgan fingerprint density at radius 2 is 1.44 bits per heavy atom. The number of unbranched alkanes of at least 4 members (excludes halogenated alkanes) is 6. The number of allylic oxidation sites excluding steroid dienone is 2. The number of carbonyl (C=O) groups excluding carboxylic acids is 2. The van der Waals surface area contributed by atoms with Crippen LogP contribution in [0.15, 0.2) is 72.8 Å². The van der Waals surface area contributed by atoms with Crippen LogP contribution < -0.4 is 9.47 Å². The Kier molecular flexibility index (Phi) is 12.1. The van der Waals surface area contributed by atoms with E-state index in [-0.39, 0.29) is 12.3 Å². The van der Waals surface area contributed by atoms with Gasteiger partial charge in [-0.05, 0) is 53.8 Å². The summed E-state index contributed by atoms with van der Waals surface area (Å²) in [5.41, 5.74) is 2.02. The molecule has 0 N–H and O–H groups in total. The van der Waals surface area contributed by atoms with Gasteiger partial charge in [0.25, 0.3) is 0 Å². The first-order valence-corrected chi connectivity index (χ1v) is 14.5. The van der Waals surface area contributed by atoms with Crippen LogP contribution in [0.25, 0.3) is 11.1 Å². The fraction of sp³-hybridized carbons (Fsp3) is 0.455. The summed E-state index contributed by atoms with van der Waals surface area (Å²) >= 11 is 6.58. The summed E-state index contributed by atoms with van der Waals surface area (Å²) in [6.07, 6.45) is 15.5. The molecule has 0 bridgehead atoms. The van der Waals surface area contributed by atoms with Crippen molar-refractivity contribution in [3.63, 3.8) is 0 Å². The number of alkyl halides is 1. The van der Waals surface area contributed by atoms with Crippen LogP contribution in [0.3, 0.4) is 0 Å². The monoisotopic (exact) mass is 552 g/mol. The van der Waals surface area contributed by atoms with Crippen molar-refractivity contribution in [2.75, 3.05) is 6.61 Å². The second kappa shape index (κ2) is 15.5. The molecular weight excluding hydrogens is 512 g/mol. The highest BCUT2D eigenvalue weighted by Gasteiger charge is 2.44. The molecule has 2 aromatic rings. The lowest BCUT2D eigenvalue weighted by Crippen LogP contribution is -2.42. The largest absolute Gasteiger partial charge is 0.494 e. The molecule has 2 atom stereocenters. The van der Waals surface area contributed by atoms with Crippen LogP contribution in [0.2, 0.25) is 0 Å². The Labute approximate surface area is 238 Å². The lowest BCUT2D eigenvalue weighted by Gasteiger charge is -2.31. The first-order valence-electron chi connectivity index (χ1n) is 14.1. The number of hydrogen-bond donors (Lipinski definition) is 0. The number of halogens is 1. The minimum Gasteiger partial charge on any atom is -0.494 e. The normalized spacial score (nSPS) is 18.2. The van der Waals surface area contributed by atoms with Crippen LogP contribution in [-0.2, 0) is 14.3 Å². The average Bonchev–Trinajstić information content (AvgIpc) is 2.90. The Bertz CT molecular complexity index is 1100. The molecular formula is C33H41ClO5. The molecule has 3 rings (SSSR count). The van der Waals surface area contributed by atoms with Gasteiger partial charge in [-0.3, -0.25) is 9.59 Å². The van der Waals surface area contributed by atoms with E-state index < -0.39 is 22.9 Å². The molecule has 0 saturated heterocycles. The highest BCUT2D eigenvalue weighted by molar-refractivity contribution is 6.26. The van der Waals surface area contributed by atoms with E-state index in [9.17, 15) is 9.59 Å². The summed E-state index contributed by atoms with van der Waals surface area (Å²) < 4.78 is 17.0. The van der Waals surface area contributed by atoms with Gasteiger partial charge in [0.05, 0.1) is 6.61 Å². The van der Waals surface area contributed by atoms with E-state index in [1.165, 1.54) is 44.6 Å². The third-order valence-electron chi connectivity index (χ3n) is 6.54. The van der Waals surface area contributed by atoms with E-state index >= 15 is 0 Å². The van der Waals surface area contributed by atoms with E-state index in [0.717, 1.165) is 29.9 Å². The number of hydrogen-bond acceptors (Lipinski definition) is 5. The third kappa shape index (κ3) is 9.89. The Morgan fingerprint density at radius 3 is 2.05 bits per heavy atom. The molecule has 0 amide bonds. The fourth-order valence-electron chi connectivity index (χ4n) is 4.37. The molecule has 0 aromatic heterocycles. The van der Waals surface area contributed by atoms with Gasteiger partial charge in [0.2, 0.25) is 5.06 Å². The highest BCUT2D eigenvalue weighted by Crippen LogP contribution is 2.35. The maximum atomic E-state index is 13.0. The molecule has 0 spiro atoms. The van der Waals surface area contributed by atoms with Gasteiger partial charge in [0, 0.05) is 6.42 Å². The second-order valence-corrected chi connectivity index (χ2v) is 11.0. The first kappa shape index (κ1) is 30.5. The minimum atomic E-state index is -1.61. The average molecular weight is 553 g/mol. The van der Waals surface area contributed by atoms with Crippen molar-refractivity contribution in [3.8, 4) is 22.6 Å². The number of rotatable bonds is 15. The molecule has 0 saturated carbocycles. The predicted octanol–water partition coefficient (Wildman–Crippen LogP) is 8.66. The van der Waals surface area contributed by atoms with Crippen LogP contribution >= 0.6 is 11.6 Å². The summed E-state index contributed by atoms with van der Waals surface area (Å²) in [4.78, 5) is 25.2. The third-order valence-corrected chi connectivity index (χ3v) is 6.98. The zero-order chi connectivity index (χ0) is 28.1. The molecule has 210 valence electrons. The SMILES string of the molecule is CCCCCCCCCOc1ccc(-c2ccc(OC(=O)C3C=CC=CC3(Cl)OC(=O)CC(C)C)cc2)cc1. The molecule has 1 aliphatic carbocycles. The fourth-order valence-corrected chi connectivity index (χ4v) is 4.69. The zero-order valence-corrected chi connectivity index (χ0v) is 24.1. The van der Waals surface area contributed by atoms with Crippen LogP contribution in [0.5, 0.6) is 11.5 Å². The van der Waals surface area contributed by atoms with E-state index in [2.05, 4.69) is 6.92 Å². The smallest absolute Gasteiger partial charge is 0.324 e. The summed E-state index contributed by atoms with van der Waals surface area (Å²) in [5.74, 6) is -0.663. The lowest BCUT2D eigenvalue weighted by atomic mass is 9.96. The van der Waals surface area contributed by atoms with Gasteiger partial charge in [-0.1, -0.05) is 113 Å². The summed E-state index contributed by atoms with van der Waals surface area (Å²) in [5, 5.41) is -1.61. The summed E-state index contributed by atoms with van der Waals surface area (Å²) in [6, 6.07) is 15.3. The molecule has 0 aliphatic heterocycles. The van der Waals surface area contributed by atoms with Crippen LogP contribution in [0.4, 0.5) is 0 Å². The molecule has 0 fully saturated rings. The summed E-state index contributed by atoms with van der Waals surface area (Å²) in [6.45, 7) is 6.80. The number of esters is 2. The van der Waals surface area contributed by atoms with Crippen molar-refractivity contribution >= 4 is 23.5 Å². The van der Waals surface area contributed by atoms with E-state index in [1.807, 2.05) is 50.2 Å². The van der Waals surface area contributed by atoms with Crippen LogP contribution in [-0.4, -0.2) is 23.6 Å². The Hall–Kier alpha value is -3.05. The molecule has 2 unspecified atom stereocenters. The van der Waals surface area contributed by atoms with Crippen molar-refractivity contribution in [1.82, 2.24) is 0 Å². The molecule has 0 radical (unpaired) electrons. The van der Waals surface area contributed by atoms with E-state index in [4.69, 9.17) is 25.8 Å². The predicted molar refractivity (Wildman–Crippen MR) is 157 cm³/mol. The lowest BCUT2D eigenvalue weighted by molar-refractivity contribution is -0.156. The Balaban J connectivity index is 1.50. The maximum absolute atomic E-state index is 13.0. The Morgan fingerprint density at radius 1 is 0.846 bits per heavy atom. The van der Waals surface area contributed by atoms with Gasteiger partial charge in [0.15, 0.2) is 0 Å². The molecule has 1 aliphatic rings. The number of ether oxygens (including phenoxy) is 3. The van der Waals surface area contributed by atoms with Gasteiger partial charge >= 0.3 is 11.9 Å². The number of benzene rings is 2. The first-order chi connectivity index (χ1) is 18.8. The zero-order valence-electron chi connectivity index (χ0n) is 23.4. The van der Waals surface area contributed by atoms with Gasteiger partial charge < -0.3 is 14.2 Å². The molecule has 39 heavy (non-hydrogen) atoms. The maximum Gasteiger partial charge on any atom is 0.324 e. The topological polar surface area (TPSA) is 61.8 Å². The molecule has 2 aromatic carbocycles. The van der Waals surface area contributed by atoms with Gasteiger partial charge in [-0.15, -0.1) is 0 Å². The van der Waals surface area contributed by atoms with E-state index in [1.54, 1.807) is 30.4 Å². The van der Waals surface area contributed by atoms with Crippen molar-refractivity contribution in [2.45, 2.75) is 77.2 Å². The van der Waals surface area contributed by atoms with Crippen molar-refractivity contribution in [3.05, 3.63) is 72.8 Å². The van der Waals surface area contributed by atoms with Crippen LogP contribution in [0.1, 0.15) is 72.1 Å². The minimum absolute atomic E-state index is 0.114. The standard InChI is InChI=1S/C33H41ClO5/c1-4-5-6-7-8-9-12-23-37-28-18-14-26(15-19-28)27-16-20-29(21-17-27)38-32(36)30-13-10-11-22-33(30,34)39-31(35)24-25(2)3/h10-11,13-22,25,30H,4-9,12,23-24H2,1-3H3.